The zero-order chi connectivity index (χ0) is 23.0. The molecule has 3 rings (SSSR count). The molecule has 3 aliphatic rings. The van der Waals surface area contributed by atoms with E-state index in [9.17, 15) is 10.2 Å². The second kappa shape index (κ2) is 9.40. The van der Waals surface area contributed by atoms with Gasteiger partial charge in [0, 0.05) is 6.42 Å². The molecule has 0 radical (unpaired) electrons. The van der Waals surface area contributed by atoms with Gasteiger partial charge in [0.2, 0.25) is 0 Å². The van der Waals surface area contributed by atoms with Gasteiger partial charge in [-0.1, -0.05) is 78.0 Å². The molecule has 0 bridgehead atoms. The van der Waals surface area contributed by atoms with Gasteiger partial charge < -0.3 is 10.2 Å². The standard InChI is InChI=1S/C29H46O2/c1-19(2)28(5,6)16-14-20(3)25-12-13-26-22(9-8-15-29(25,26)7)10-11-23-17-24(30)18-27(31)21(23)4/h10-11,14,16,19-20,24-27,30-31H,4,8-9,12-13,15,17-18H2,1-3,5-7H3/b16-14+,22-10+,23-11+/t20-,24-,25-,26+,27+,29-/m1/s1. The average molecular weight is 427 g/mol. The second-order valence-electron chi connectivity index (χ2n) is 11.9. The Hall–Kier alpha value is -1.12. The fraction of sp³-hybridized carbons (Fsp3) is 0.724. The fourth-order valence-electron chi connectivity index (χ4n) is 6.33. The van der Waals surface area contributed by atoms with Gasteiger partial charge in [0.05, 0.1) is 12.2 Å². The summed E-state index contributed by atoms with van der Waals surface area (Å²) < 4.78 is 0. The van der Waals surface area contributed by atoms with Gasteiger partial charge in [-0.3, -0.25) is 0 Å². The zero-order valence-corrected chi connectivity index (χ0v) is 20.8. The van der Waals surface area contributed by atoms with Crippen LogP contribution < -0.4 is 0 Å². The highest BCUT2D eigenvalue weighted by Crippen LogP contribution is 2.59. The van der Waals surface area contributed by atoms with Crippen molar-refractivity contribution in [1.82, 2.24) is 0 Å². The normalized spacial score (nSPS) is 38.4. The third kappa shape index (κ3) is 5.11. The highest BCUT2D eigenvalue weighted by Gasteiger charge is 2.50. The van der Waals surface area contributed by atoms with Gasteiger partial charge in [-0.15, -0.1) is 0 Å². The van der Waals surface area contributed by atoms with Crippen molar-refractivity contribution < 1.29 is 10.2 Å². The SMILES string of the molecule is C=C1/C(=C/C=C2\CCC[C@]3(C)[C@@H]([C@H](C)/C=C/C(C)(C)C(C)C)CC[C@@H]23)C[C@@H](O)C[C@@H]1O. The fourth-order valence-corrected chi connectivity index (χ4v) is 6.33. The zero-order valence-electron chi connectivity index (χ0n) is 20.8. The molecule has 2 heteroatoms. The van der Waals surface area contributed by atoms with Crippen molar-refractivity contribution in [3.05, 3.63) is 47.6 Å². The first-order valence-corrected chi connectivity index (χ1v) is 12.6. The maximum Gasteiger partial charge on any atom is 0.0811 e. The summed E-state index contributed by atoms with van der Waals surface area (Å²) in [6, 6.07) is 0. The lowest BCUT2D eigenvalue weighted by Gasteiger charge is -2.44. The molecule has 0 aliphatic heterocycles. The Kier molecular flexibility index (Phi) is 7.43. The summed E-state index contributed by atoms with van der Waals surface area (Å²) in [7, 11) is 0. The van der Waals surface area contributed by atoms with Crippen molar-refractivity contribution >= 4 is 0 Å². The summed E-state index contributed by atoms with van der Waals surface area (Å²) in [6.07, 6.45) is 15.8. The molecule has 3 saturated carbocycles. The van der Waals surface area contributed by atoms with Gasteiger partial charge in [-0.2, -0.15) is 0 Å². The van der Waals surface area contributed by atoms with E-state index in [0.29, 0.717) is 36.0 Å². The Morgan fingerprint density at radius 2 is 1.84 bits per heavy atom. The molecular weight excluding hydrogens is 380 g/mol. The molecule has 2 N–H and O–H groups in total. The second-order valence-corrected chi connectivity index (χ2v) is 11.9. The molecule has 0 unspecified atom stereocenters. The van der Waals surface area contributed by atoms with Crippen molar-refractivity contribution in [2.45, 2.75) is 98.7 Å². The highest BCUT2D eigenvalue weighted by molar-refractivity contribution is 5.38. The van der Waals surface area contributed by atoms with Gasteiger partial charge >= 0.3 is 0 Å². The van der Waals surface area contributed by atoms with Gasteiger partial charge in [-0.05, 0) is 84.2 Å². The molecule has 6 atom stereocenters. The molecule has 31 heavy (non-hydrogen) atoms. The Morgan fingerprint density at radius 1 is 1.13 bits per heavy atom. The molecule has 0 spiro atoms. The third-order valence-electron chi connectivity index (χ3n) is 9.25. The Labute approximate surface area is 191 Å². The van der Waals surface area contributed by atoms with Crippen molar-refractivity contribution in [2.24, 2.45) is 34.5 Å². The van der Waals surface area contributed by atoms with E-state index in [1.165, 1.54) is 32.1 Å². The summed E-state index contributed by atoms with van der Waals surface area (Å²) in [4.78, 5) is 0. The lowest BCUT2D eigenvalue weighted by atomic mass is 9.61. The van der Waals surface area contributed by atoms with E-state index in [1.54, 1.807) is 5.57 Å². The van der Waals surface area contributed by atoms with Crippen LogP contribution >= 0.6 is 0 Å². The van der Waals surface area contributed by atoms with Crippen LogP contribution in [0.5, 0.6) is 0 Å². The molecule has 0 aromatic rings. The van der Waals surface area contributed by atoms with Crippen molar-refractivity contribution in [3.63, 3.8) is 0 Å². The minimum atomic E-state index is -0.608. The number of hydrogen-bond acceptors (Lipinski definition) is 2. The van der Waals surface area contributed by atoms with E-state index < -0.39 is 12.2 Å². The van der Waals surface area contributed by atoms with Crippen LogP contribution in [-0.4, -0.2) is 22.4 Å². The quantitative estimate of drug-likeness (QED) is 0.465. The van der Waals surface area contributed by atoms with Crippen molar-refractivity contribution in [1.29, 1.82) is 0 Å². The lowest BCUT2D eigenvalue weighted by molar-refractivity contribution is 0.0862. The molecule has 3 fully saturated rings. The number of fused-ring (bicyclic) bond motifs is 1. The first-order chi connectivity index (χ1) is 14.5. The molecule has 0 amide bonds. The molecular formula is C29H46O2. The summed E-state index contributed by atoms with van der Waals surface area (Å²) in [5.41, 5.74) is 4.00. The van der Waals surface area contributed by atoms with Crippen LogP contribution in [0.1, 0.15) is 86.5 Å². The smallest absolute Gasteiger partial charge is 0.0811 e. The first kappa shape index (κ1) is 24.5. The number of aliphatic hydroxyl groups is 2. The molecule has 0 aromatic carbocycles. The number of rotatable bonds is 5. The van der Waals surface area contributed by atoms with Crippen LogP contribution in [-0.2, 0) is 0 Å². The first-order valence-electron chi connectivity index (χ1n) is 12.6. The van der Waals surface area contributed by atoms with E-state index in [-0.39, 0.29) is 5.41 Å². The predicted molar refractivity (Wildman–Crippen MR) is 132 cm³/mol. The maximum absolute atomic E-state index is 10.2. The van der Waals surface area contributed by atoms with Gasteiger partial charge in [0.15, 0.2) is 0 Å². The number of aliphatic hydroxyl groups excluding tert-OH is 2. The lowest BCUT2D eigenvalue weighted by Crippen LogP contribution is -2.35. The Morgan fingerprint density at radius 3 is 2.52 bits per heavy atom. The predicted octanol–water partition coefficient (Wildman–Crippen LogP) is 7.00. The Balaban J connectivity index is 1.78. The van der Waals surface area contributed by atoms with Crippen LogP contribution in [0.3, 0.4) is 0 Å². The van der Waals surface area contributed by atoms with Crippen LogP contribution in [0, 0.1) is 34.5 Å². The van der Waals surface area contributed by atoms with Gasteiger partial charge in [0.25, 0.3) is 0 Å². The van der Waals surface area contributed by atoms with Crippen LogP contribution in [0.25, 0.3) is 0 Å². The van der Waals surface area contributed by atoms with E-state index in [0.717, 1.165) is 17.1 Å². The number of hydrogen-bond donors (Lipinski definition) is 2. The molecule has 0 heterocycles. The summed E-state index contributed by atoms with van der Waals surface area (Å²) in [6.45, 7) is 18.4. The van der Waals surface area contributed by atoms with Crippen LogP contribution in [0.15, 0.2) is 47.6 Å². The van der Waals surface area contributed by atoms with Gasteiger partial charge in [-0.25, -0.2) is 0 Å². The molecule has 0 aromatic heterocycles. The van der Waals surface area contributed by atoms with E-state index >= 15 is 0 Å². The van der Waals surface area contributed by atoms with E-state index in [1.807, 2.05) is 0 Å². The average Bonchev–Trinajstić information content (AvgIpc) is 3.05. The molecule has 0 saturated heterocycles. The molecule has 2 nitrogen and oxygen atoms in total. The van der Waals surface area contributed by atoms with E-state index in [4.69, 9.17) is 0 Å². The van der Waals surface area contributed by atoms with E-state index in [2.05, 4.69) is 72.4 Å². The topological polar surface area (TPSA) is 40.5 Å². The summed E-state index contributed by atoms with van der Waals surface area (Å²) >= 11 is 0. The third-order valence-corrected chi connectivity index (χ3v) is 9.25. The Bertz CT molecular complexity index is 753. The van der Waals surface area contributed by atoms with Gasteiger partial charge in [0.1, 0.15) is 0 Å². The largest absolute Gasteiger partial charge is 0.393 e. The van der Waals surface area contributed by atoms with Crippen LogP contribution in [0.4, 0.5) is 0 Å². The summed E-state index contributed by atoms with van der Waals surface area (Å²) in [5, 5.41) is 20.2. The minimum Gasteiger partial charge on any atom is -0.393 e. The highest BCUT2D eigenvalue weighted by atomic mass is 16.3. The maximum atomic E-state index is 10.2. The summed E-state index contributed by atoms with van der Waals surface area (Å²) in [5.74, 6) is 2.64. The minimum absolute atomic E-state index is 0.245. The van der Waals surface area contributed by atoms with Crippen LogP contribution in [0.2, 0.25) is 0 Å². The number of allylic oxidation sites excluding steroid dienone is 5. The van der Waals surface area contributed by atoms with Crippen molar-refractivity contribution in [2.75, 3.05) is 0 Å². The monoisotopic (exact) mass is 426 g/mol. The molecule has 174 valence electrons. The molecule has 3 aliphatic carbocycles. The van der Waals surface area contributed by atoms with Crippen molar-refractivity contribution in [3.8, 4) is 0 Å².